The second-order valence-electron chi connectivity index (χ2n) is 4.85. The predicted molar refractivity (Wildman–Crippen MR) is 77.2 cm³/mol. The van der Waals surface area contributed by atoms with Crippen LogP contribution in [-0.4, -0.2) is 25.6 Å². The maximum atomic E-state index is 12.0. The van der Waals surface area contributed by atoms with Crippen molar-refractivity contribution in [1.29, 1.82) is 0 Å². The molecule has 3 nitrogen and oxygen atoms in total. The first-order valence-electron chi connectivity index (χ1n) is 5.98. The SMILES string of the molecule is CCS(=O)(=O)c1ccccc1NC(C)(C)CCCl. The molecule has 0 spiro atoms. The van der Waals surface area contributed by atoms with Gasteiger partial charge in [-0.2, -0.15) is 0 Å². The Hall–Kier alpha value is -0.740. The van der Waals surface area contributed by atoms with Crippen LogP contribution in [0.1, 0.15) is 27.2 Å². The zero-order valence-electron chi connectivity index (χ0n) is 11.0. The van der Waals surface area contributed by atoms with Crippen LogP contribution in [0.5, 0.6) is 0 Å². The number of nitrogens with one attached hydrogen (secondary N) is 1. The molecule has 0 aliphatic rings. The van der Waals surface area contributed by atoms with E-state index < -0.39 is 9.84 Å². The Morgan fingerprint density at radius 2 is 1.89 bits per heavy atom. The molecule has 0 heterocycles. The van der Waals surface area contributed by atoms with E-state index in [0.717, 1.165) is 6.42 Å². The van der Waals surface area contributed by atoms with Crippen LogP contribution in [0.15, 0.2) is 29.2 Å². The first-order valence-corrected chi connectivity index (χ1v) is 8.17. The van der Waals surface area contributed by atoms with Crippen molar-refractivity contribution in [3.05, 3.63) is 24.3 Å². The van der Waals surface area contributed by atoms with Gasteiger partial charge in [-0.25, -0.2) is 8.42 Å². The number of alkyl halides is 1. The maximum Gasteiger partial charge on any atom is 0.180 e. The summed E-state index contributed by atoms with van der Waals surface area (Å²) >= 11 is 5.75. The Kier molecular flexibility index (Phi) is 5.05. The van der Waals surface area contributed by atoms with E-state index in [1.807, 2.05) is 19.9 Å². The third-order valence-corrected chi connectivity index (χ3v) is 4.77. The Morgan fingerprint density at radius 1 is 1.28 bits per heavy atom. The molecule has 0 radical (unpaired) electrons. The van der Waals surface area contributed by atoms with Gasteiger partial charge in [0, 0.05) is 11.4 Å². The van der Waals surface area contributed by atoms with Crippen LogP contribution in [0.25, 0.3) is 0 Å². The summed E-state index contributed by atoms with van der Waals surface area (Å²) in [5.41, 5.74) is 0.413. The third kappa shape index (κ3) is 3.89. The molecule has 0 aliphatic heterocycles. The van der Waals surface area contributed by atoms with Crippen LogP contribution in [0, 0.1) is 0 Å². The minimum absolute atomic E-state index is 0.0988. The van der Waals surface area contributed by atoms with Gasteiger partial charge in [0.15, 0.2) is 9.84 Å². The van der Waals surface area contributed by atoms with Gasteiger partial charge in [0.2, 0.25) is 0 Å². The highest BCUT2D eigenvalue weighted by atomic mass is 35.5. The van der Waals surface area contributed by atoms with Crippen LogP contribution >= 0.6 is 11.6 Å². The smallest absolute Gasteiger partial charge is 0.180 e. The van der Waals surface area contributed by atoms with E-state index in [0.29, 0.717) is 16.5 Å². The minimum Gasteiger partial charge on any atom is -0.379 e. The van der Waals surface area contributed by atoms with E-state index in [1.54, 1.807) is 25.1 Å². The van der Waals surface area contributed by atoms with Crippen LogP contribution in [-0.2, 0) is 9.84 Å². The molecule has 18 heavy (non-hydrogen) atoms. The Bertz CT molecular complexity index is 497. The molecule has 0 unspecified atom stereocenters. The molecule has 1 aromatic rings. The summed E-state index contributed by atoms with van der Waals surface area (Å²) in [6.45, 7) is 5.66. The molecule has 0 aromatic heterocycles. The van der Waals surface area contributed by atoms with E-state index >= 15 is 0 Å². The molecule has 0 saturated carbocycles. The second kappa shape index (κ2) is 5.93. The van der Waals surface area contributed by atoms with Gasteiger partial charge in [-0.3, -0.25) is 0 Å². The van der Waals surface area contributed by atoms with Crippen molar-refractivity contribution in [3.63, 3.8) is 0 Å². The van der Waals surface area contributed by atoms with E-state index in [2.05, 4.69) is 5.32 Å². The Morgan fingerprint density at radius 3 is 2.44 bits per heavy atom. The molecule has 0 saturated heterocycles. The number of anilines is 1. The molecule has 1 aromatic carbocycles. The first kappa shape index (κ1) is 15.3. The molecule has 102 valence electrons. The largest absolute Gasteiger partial charge is 0.379 e. The maximum absolute atomic E-state index is 12.0. The average Bonchev–Trinajstić information content (AvgIpc) is 2.28. The average molecular weight is 290 g/mol. The van der Waals surface area contributed by atoms with E-state index in [4.69, 9.17) is 11.6 Å². The van der Waals surface area contributed by atoms with Crippen LogP contribution in [0.4, 0.5) is 5.69 Å². The Balaban J connectivity index is 3.11. The predicted octanol–water partition coefficient (Wildman–Crippen LogP) is 3.30. The van der Waals surface area contributed by atoms with Crippen molar-refractivity contribution in [2.75, 3.05) is 16.9 Å². The van der Waals surface area contributed by atoms with Crippen LogP contribution < -0.4 is 5.32 Å². The van der Waals surface area contributed by atoms with Gasteiger partial charge in [-0.05, 0) is 32.4 Å². The quantitative estimate of drug-likeness (QED) is 0.817. The summed E-state index contributed by atoms with van der Waals surface area (Å²) in [5, 5.41) is 3.26. The zero-order valence-corrected chi connectivity index (χ0v) is 12.6. The molecule has 0 aliphatic carbocycles. The highest BCUT2D eigenvalue weighted by Crippen LogP contribution is 2.26. The van der Waals surface area contributed by atoms with Crippen molar-refractivity contribution in [2.24, 2.45) is 0 Å². The summed E-state index contributed by atoms with van der Waals surface area (Å²) in [7, 11) is -3.21. The summed E-state index contributed by atoms with van der Waals surface area (Å²) < 4.78 is 24.0. The van der Waals surface area contributed by atoms with Gasteiger partial charge in [0.1, 0.15) is 0 Å². The van der Waals surface area contributed by atoms with Gasteiger partial charge in [-0.1, -0.05) is 19.1 Å². The molecular weight excluding hydrogens is 270 g/mol. The lowest BCUT2D eigenvalue weighted by Crippen LogP contribution is -2.32. The summed E-state index contributed by atoms with van der Waals surface area (Å²) in [6, 6.07) is 6.99. The van der Waals surface area contributed by atoms with Gasteiger partial charge in [0.25, 0.3) is 0 Å². The zero-order chi connectivity index (χ0) is 13.8. The van der Waals surface area contributed by atoms with Crippen molar-refractivity contribution in [2.45, 2.75) is 37.6 Å². The number of hydrogen-bond donors (Lipinski definition) is 1. The molecule has 0 amide bonds. The van der Waals surface area contributed by atoms with Gasteiger partial charge >= 0.3 is 0 Å². The molecule has 0 fully saturated rings. The van der Waals surface area contributed by atoms with Gasteiger partial charge in [0.05, 0.1) is 16.3 Å². The van der Waals surface area contributed by atoms with Crippen molar-refractivity contribution < 1.29 is 8.42 Å². The number of halogens is 1. The van der Waals surface area contributed by atoms with E-state index in [-0.39, 0.29) is 11.3 Å². The van der Waals surface area contributed by atoms with E-state index in [1.165, 1.54) is 0 Å². The van der Waals surface area contributed by atoms with Crippen molar-refractivity contribution in [3.8, 4) is 0 Å². The number of rotatable bonds is 6. The lowest BCUT2D eigenvalue weighted by Gasteiger charge is -2.28. The summed E-state index contributed by atoms with van der Waals surface area (Å²) in [6.07, 6.45) is 0.759. The standard InChI is InChI=1S/C13H20ClNO2S/c1-4-18(16,17)12-8-6-5-7-11(12)15-13(2,3)9-10-14/h5-8,15H,4,9-10H2,1-3H3. The first-order chi connectivity index (χ1) is 8.32. The third-order valence-electron chi connectivity index (χ3n) is 2.79. The van der Waals surface area contributed by atoms with Gasteiger partial charge < -0.3 is 5.32 Å². The van der Waals surface area contributed by atoms with Gasteiger partial charge in [-0.15, -0.1) is 11.6 Å². The van der Waals surface area contributed by atoms with Crippen LogP contribution in [0.2, 0.25) is 0 Å². The molecule has 5 heteroatoms. The fourth-order valence-corrected chi connectivity index (χ4v) is 3.18. The number of para-hydroxylation sites is 1. The highest BCUT2D eigenvalue weighted by Gasteiger charge is 2.21. The molecular formula is C13H20ClNO2S. The fourth-order valence-electron chi connectivity index (χ4n) is 1.66. The second-order valence-corrected chi connectivity index (χ2v) is 7.47. The highest BCUT2D eigenvalue weighted by molar-refractivity contribution is 7.91. The number of hydrogen-bond acceptors (Lipinski definition) is 3. The normalized spacial score (nSPS) is 12.4. The minimum atomic E-state index is -3.21. The van der Waals surface area contributed by atoms with Crippen LogP contribution in [0.3, 0.4) is 0 Å². The molecule has 0 atom stereocenters. The summed E-state index contributed by atoms with van der Waals surface area (Å²) in [4.78, 5) is 0.357. The lowest BCUT2D eigenvalue weighted by molar-refractivity contribution is 0.548. The Labute approximate surface area is 114 Å². The molecule has 1 rings (SSSR count). The molecule has 1 N–H and O–H groups in total. The number of sulfone groups is 1. The van der Waals surface area contributed by atoms with E-state index in [9.17, 15) is 8.42 Å². The summed E-state index contributed by atoms with van der Waals surface area (Å²) in [5.74, 6) is 0.629. The topological polar surface area (TPSA) is 46.2 Å². The van der Waals surface area contributed by atoms with Crippen molar-refractivity contribution in [1.82, 2.24) is 0 Å². The fraction of sp³-hybridized carbons (Fsp3) is 0.538. The lowest BCUT2D eigenvalue weighted by atomic mass is 10.0. The number of benzene rings is 1. The monoisotopic (exact) mass is 289 g/mol. The van der Waals surface area contributed by atoms with Crippen molar-refractivity contribution >= 4 is 27.1 Å². The molecule has 0 bridgehead atoms.